The summed E-state index contributed by atoms with van der Waals surface area (Å²) >= 11 is 0. The number of carbonyl (C=O) groups excluding carboxylic acids is 2. The molecule has 0 aromatic rings. The highest BCUT2D eigenvalue weighted by molar-refractivity contribution is 6.00. The first kappa shape index (κ1) is 13.3. The molecule has 2 atom stereocenters. The van der Waals surface area contributed by atoms with Crippen LogP contribution in [-0.4, -0.2) is 41.5 Å². The Morgan fingerprint density at radius 2 is 2.06 bits per heavy atom. The number of carbonyl (C=O) groups is 2. The largest absolute Gasteiger partial charge is 0.342 e. The first-order chi connectivity index (χ1) is 8.42. The molecule has 2 rings (SSSR count). The first-order valence-corrected chi connectivity index (χ1v) is 6.61. The van der Waals surface area contributed by atoms with E-state index in [1.165, 1.54) is 4.90 Å². The van der Waals surface area contributed by atoms with Crippen molar-refractivity contribution in [2.45, 2.75) is 45.2 Å². The lowest BCUT2D eigenvalue weighted by atomic mass is 9.86. The lowest BCUT2D eigenvalue weighted by Crippen LogP contribution is -2.71. The molecular formula is C13H21FN2O2. The van der Waals surface area contributed by atoms with Gasteiger partial charge in [-0.05, 0) is 31.6 Å². The molecule has 18 heavy (non-hydrogen) atoms. The van der Waals surface area contributed by atoms with E-state index in [2.05, 4.69) is 5.32 Å². The lowest BCUT2D eigenvalue weighted by molar-refractivity contribution is -0.159. The average molecular weight is 256 g/mol. The molecule has 1 N–H and O–H groups in total. The summed E-state index contributed by atoms with van der Waals surface area (Å²) in [4.78, 5) is 26.2. The molecule has 2 unspecified atom stereocenters. The predicted octanol–water partition coefficient (Wildman–Crippen LogP) is 1.11. The van der Waals surface area contributed by atoms with Gasteiger partial charge in [0.15, 0.2) is 0 Å². The van der Waals surface area contributed by atoms with Gasteiger partial charge >= 0.3 is 0 Å². The van der Waals surface area contributed by atoms with E-state index in [9.17, 15) is 14.0 Å². The fraction of sp³-hybridized carbons (Fsp3) is 0.846. The molecular weight excluding hydrogens is 235 g/mol. The predicted molar refractivity (Wildman–Crippen MR) is 65.6 cm³/mol. The van der Waals surface area contributed by atoms with Crippen molar-refractivity contribution in [3.05, 3.63) is 0 Å². The second kappa shape index (κ2) is 4.52. The number of rotatable bonds is 4. The fourth-order valence-electron chi connectivity index (χ4n) is 2.80. The Morgan fingerprint density at radius 3 is 2.50 bits per heavy atom. The van der Waals surface area contributed by atoms with Gasteiger partial charge in [-0.15, -0.1) is 0 Å². The van der Waals surface area contributed by atoms with E-state index in [1.54, 1.807) is 6.92 Å². The second-order valence-electron chi connectivity index (χ2n) is 5.80. The van der Waals surface area contributed by atoms with E-state index in [4.69, 9.17) is 0 Å². The van der Waals surface area contributed by atoms with Crippen LogP contribution in [0.25, 0.3) is 0 Å². The van der Waals surface area contributed by atoms with Crippen LogP contribution in [0.2, 0.25) is 0 Å². The van der Waals surface area contributed by atoms with Crippen LogP contribution in [0, 0.1) is 11.8 Å². The summed E-state index contributed by atoms with van der Waals surface area (Å²) in [5, 5.41) is 2.81. The Balaban J connectivity index is 2.31. The highest BCUT2D eigenvalue weighted by Crippen LogP contribution is 2.45. The standard InChI is InChI=1S/C13H21FN2O2/c1-8(2)10-11(17)16(7-6-14)13(3,9-4-5-9)12(18)15-10/h8-10H,4-7H2,1-3H3,(H,15,18). The third kappa shape index (κ3) is 1.89. The fourth-order valence-corrected chi connectivity index (χ4v) is 2.80. The normalized spacial score (nSPS) is 32.9. The molecule has 102 valence electrons. The topological polar surface area (TPSA) is 49.4 Å². The van der Waals surface area contributed by atoms with Crippen LogP contribution in [0.5, 0.6) is 0 Å². The van der Waals surface area contributed by atoms with Crippen molar-refractivity contribution in [3.8, 4) is 0 Å². The summed E-state index contributed by atoms with van der Waals surface area (Å²) in [6.45, 7) is 4.95. The van der Waals surface area contributed by atoms with E-state index in [-0.39, 0.29) is 30.2 Å². The molecule has 2 aliphatic rings. The summed E-state index contributed by atoms with van der Waals surface area (Å²) in [6, 6.07) is -0.518. The molecule has 1 aliphatic heterocycles. The smallest absolute Gasteiger partial charge is 0.246 e. The summed E-state index contributed by atoms with van der Waals surface area (Å²) in [6.07, 6.45) is 1.87. The van der Waals surface area contributed by atoms with Crippen LogP contribution >= 0.6 is 0 Å². The minimum absolute atomic E-state index is 0.0163. The van der Waals surface area contributed by atoms with Crippen molar-refractivity contribution >= 4 is 11.8 Å². The average Bonchev–Trinajstić information content (AvgIpc) is 3.13. The van der Waals surface area contributed by atoms with Gasteiger partial charge in [-0.2, -0.15) is 0 Å². The molecule has 1 saturated heterocycles. The highest BCUT2D eigenvalue weighted by Gasteiger charge is 2.57. The zero-order valence-corrected chi connectivity index (χ0v) is 11.2. The van der Waals surface area contributed by atoms with Crippen LogP contribution in [0.3, 0.4) is 0 Å². The van der Waals surface area contributed by atoms with Gasteiger partial charge < -0.3 is 10.2 Å². The van der Waals surface area contributed by atoms with Crippen LogP contribution < -0.4 is 5.32 Å². The molecule has 0 aromatic heterocycles. The number of halogens is 1. The summed E-state index contributed by atoms with van der Waals surface area (Å²) < 4.78 is 12.7. The monoisotopic (exact) mass is 256 g/mol. The van der Waals surface area contributed by atoms with Crippen molar-refractivity contribution in [1.82, 2.24) is 10.2 Å². The molecule has 0 radical (unpaired) electrons. The first-order valence-electron chi connectivity index (χ1n) is 6.61. The third-order valence-electron chi connectivity index (χ3n) is 4.19. The van der Waals surface area contributed by atoms with Gasteiger partial charge in [-0.3, -0.25) is 9.59 Å². The Morgan fingerprint density at radius 1 is 1.44 bits per heavy atom. The Kier molecular flexibility index (Phi) is 3.34. The van der Waals surface area contributed by atoms with E-state index < -0.39 is 18.3 Å². The van der Waals surface area contributed by atoms with Crippen molar-refractivity contribution in [2.24, 2.45) is 11.8 Å². The second-order valence-corrected chi connectivity index (χ2v) is 5.80. The molecule has 2 amide bonds. The van der Waals surface area contributed by atoms with Crippen molar-refractivity contribution < 1.29 is 14.0 Å². The molecule has 1 aliphatic carbocycles. The maximum atomic E-state index is 12.7. The molecule has 0 spiro atoms. The third-order valence-corrected chi connectivity index (χ3v) is 4.19. The van der Waals surface area contributed by atoms with Crippen LogP contribution in [-0.2, 0) is 9.59 Å². The van der Waals surface area contributed by atoms with Crippen LogP contribution in [0.4, 0.5) is 4.39 Å². The van der Waals surface area contributed by atoms with Gasteiger partial charge in [0.2, 0.25) is 11.8 Å². The summed E-state index contributed by atoms with van der Waals surface area (Å²) in [5.41, 5.74) is -0.853. The van der Waals surface area contributed by atoms with Gasteiger partial charge in [-0.1, -0.05) is 13.8 Å². The zero-order chi connectivity index (χ0) is 13.5. The van der Waals surface area contributed by atoms with E-state index in [0.717, 1.165) is 12.8 Å². The number of nitrogens with one attached hydrogen (secondary N) is 1. The van der Waals surface area contributed by atoms with Crippen molar-refractivity contribution in [3.63, 3.8) is 0 Å². The van der Waals surface area contributed by atoms with Gasteiger partial charge in [-0.25, -0.2) is 4.39 Å². The molecule has 4 nitrogen and oxygen atoms in total. The van der Waals surface area contributed by atoms with E-state index in [0.29, 0.717) is 0 Å². The maximum absolute atomic E-state index is 12.7. The Labute approximate surface area is 107 Å². The Hall–Kier alpha value is -1.13. The maximum Gasteiger partial charge on any atom is 0.246 e. The zero-order valence-electron chi connectivity index (χ0n) is 11.2. The summed E-state index contributed by atoms with van der Waals surface area (Å²) in [7, 11) is 0. The number of alkyl halides is 1. The van der Waals surface area contributed by atoms with E-state index >= 15 is 0 Å². The lowest BCUT2D eigenvalue weighted by Gasteiger charge is -2.47. The number of piperazine rings is 1. The van der Waals surface area contributed by atoms with Crippen molar-refractivity contribution in [1.29, 1.82) is 0 Å². The SMILES string of the molecule is CC(C)C1NC(=O)C(C)(C2CC2)N(CCF)C1=O. The van der Waals surface area contributed by atoms with Gasteiger partial charge in [0.05, 0.1) is 6.54 Å². The summed E-state index contributed by atoms with van der Waals surface area (Å²) in [5.74, 6) is -0.0678. The van der Waals surface area contributed by atoms with Crippen molar-refractivity contribution in [2.75, 3.05) is 13.2 Å². The quantitative estimate of drug-likeness (QED) is 0.819. The minimum atomic E-state index is -0.853. The molecule has 1 saturated carbocycles. The highest BCUT2D eigenvalue weighted by atomic mass is 19.1. The molecule has 1 heterocycles. The van der Waals surface area contributed by atoms with Crippen LogP contribution in [0.15, 0.2) is 0 Å². The molecule has 2 fully saturated rings. The number of hydrogen-bond donors (Lipinski definition) is 1. The van der Waals surface area contributed by atoms with Gasteiger partial charge in [0.1, 0.15) is 18.3 Å². The number of hydrogen-bond acceptors (Lipinski definition) is 2. The number of amides is 2. The molecule has 5 heteroatoms. The molecule has 0 bridgehead atoms. The minimum Gasteiger partial charge on any atom is -0.342 e. The number of nitrogens with zero attached hydrogens (tertiary/aromatic N) is 1. The Bertz CT molecular complexity index is 368. The van der Waals surface area contributed by atoms with Gasteiger partial charge in [0.25, 0.3) is 0 Å². The van der Waals surface area contributed by atoms with Gasteiger partial charge in [0, 0.05) is 0 Å². The van der Waals surface area contributed by atoms with Crippen LogP contribution in [0.1, 0.15) is 33.6 Å². The van der Waals surface area contributed by atoms with E-state index in [1.807, 2.05) is 13.8 Å². The molecule has 0 aromatic carbocycles.